The van der Waals surface area contributed by atoms with Crippen molar-refractivity contribution in [3.05, 3.63) is 28.8 Å². The minimum absolute atomic E-state index is 0.264. The molecule has 0 aliphatic heterocycles. The van der Waals surface area contributed by atoms with Crippen LogP contribution in [0.15, 0.2) is 18.2 Å². The molecule has 0 bridgehead atoms. The molecule has 2 N–H and O–H groups in total. The van der Waals surface area contributed by atoms with Gasteiger partial charge in [0.15, 0.2) is 0 Å². The van der Waals surface area contributed by atoms with Crippen LogP contribution < -0.4 is 5.32 Å². The van der Waals surface area contributed by atoms with E-state index in [9.17, 15) is 5.11 Å². The SMILES string of the molecule is CC(C)(C)OCC(O)CNc1ccc(C#N)c(Cl)c1. The Kier molecular flexibility index (Phi) is 5.61. The van der Waals surface area contributed by atoms with Crippen LogP contribution in [0.1, 0.15) is 26.3 Å². The van der Waals surface area contributed by atoms with Gasteiger partial charge in [-0.1, -0.05) is 11.6 Å². The zero-order chi connectivity index (χ0) is 14.5. The summed E-state index contributed by atoms with van der Waals surface area (Å²) >= 11 is 5.92. The average molecular weight is 283 g/mol. The molecule has 5 heteroatoms. The van der Waals surface area contributed by atoms with Gasteiger partial charge in [0.1, 0.15) is 6.07 Å². The number of rotatable bonds is 5. The van der Waals surface area contributed by atoms with E-state index in [0.29, 0.717) is 17.1 Å². The zero-order valence-electron chi connectivity index (χ0n) is 11.4. The number of hydrogen-bond donors (Lipinski definition) is 2. The summed E-state index contributed by atoms with van der Waals surface area (Å²) in [6.07, 6.45) is -0.603. The van der Waals surface area contributed by atoms with Crippen molar-refractivity contribution in [3.8, 4) is 6.07 Å². The van der Waals surface area contributed by atoms with Crippen molar-refractivity contribution < 1.29 is 9.84 Å². The fraction of sp³-hybridized carbons (Fsp3) is 0.500. The molecule has 1 rings (SSSR count). The van der Waals surface area contributed by atoms with Gasteiger partial charge < -0.3 is 15.2 Å². The summed E-state index contributed by atoms with van der Waals surface area (Å²) in [7, 11) is 0. The Hall–Kier alpha value is -1.28. The Bertz CT molecular complexity index is 463. The number of hydrogen-bond acceptors (Lipinski definition) is 4. The van der Waals surface area contributed by atoms with Gasteiger partial charge in [0.2, 0.25) is 0 Å². The van der Waals surface area contributed by atoms with Crippen LogP contribution >= 0.6 is 11.6 Å². The van der Waals surface area contributed by atoms with Crippen molar-refractivity contribution >= 4 is 17.3 Å². The van der Waals surface area contributed by atoms with Crippen LogP contribution in [0.3, 0.4) is 0 Å². The minimum atomic E-state index is -0.603. The van der Waals surface area contributed by atoms with Crippen molar-refractivity contribution in [2.75, 3.05) is 18.5 Å². The monoisotopic (exact) mass is 282 g/mol. The zero-order valence-corrected chi connectivity index (χ0v) is 12.2. The van der Waals surface area contributed by atoms with Gasteiger partial charge in [0.05, 0.1) is 28.9 Å². The maximum atomic E-state index is 9.77. The van der Waals surface area contributed by atoms with Gasteiger partial charge in [0, 0.05) is 12.2 Å². The van der Waals surface area contributed by atoms with Crippen LogP contribution in [0.25, 0.3) is 0 Å². The standard InChI is InChI=1S/C14H19ClN2O2/c1-14(2,3)19-9-12(18)8-17-11-5-4-10(7-16)13(15)6-11/h4-6,12,17-18H,8-9H2,1-3H3. The Morgan fingerprint density at radius 2 is 2.16 bits per heavy atom. The Morgan fingerprint density at radius 3 is 2.68 bits per heavy atom. The number of nitriles is 1. The van der Waals surface area contributed by atoms with Crippen molar-refractivity contribution in [1.29, 1.82) is 5.26 Å². The number of nitrogens with zero attached hydrogens (tertiary/aromatic N) is 1. The molecule has 1 aromatic rings. The molecular weight excluding hydrogens is 264 g/mol. The molecule has 1 aromatic carbocycles. The molecule has 0 saturated heterocycles. The van der Waals surface area contributed by atoms with Crippen molar-refractivity contribution in [1.82, 2.24) is 0 Å². The second-order valence-corrected chi connectivity index (χ2v) is 5.67. The molecule has 0 spiro atoms. The number of benzene rings is 1. The fourth-order valence-corrected chi connectivity index (χ4v) is 1.58. The molecule has 0 fully saturated rings. The molecule has 0 heterocycles. The molecule has 0 aliphatic rings. The maximum absolute atomic E-state index is 9.77. The molecule has 0 radical (unpaired) electrons. The molecule has 104 valence electrons. The maximum Gasteiger partial charge on any atom is 0.101 e. The third kappa shape index (κ3) is 5.93. The van der Waals surface area contributed by atoms with E-state index in [2.05, 4.69) is 5.32 Å². The Morgan fingerprint density at radius 1 is 1.47 bits per heavy atom. The van der Waals surface area contributed by atoms with Gasteiger partial charge in [-0.3, -0.25) is 0 Å². The van der Waals surface area contributed by atoms with Crippen LogP contribution in [0.5, 0.6) is 0 Å². The van der Waals surface area contributed by atoms with Crippen molar-refractivity contribution in [2.24, 2.45) is 0 Å². The van der Waals surface area contributed by atoms with Gasteiger partial charge >= 0.3 is 0 Å². The third-order valence-corrected chi connectivity index (χ3v) is 2.65. The lowest BCUT2D eigenvalue weighted by molar-refractivity contribution is -0.0449. The first-order valence-electron chi connectivity index (χ1n) is 6.07. The highest BCUT2D eigenvalue weighted by molar-refractivity contribution is 6.32. The summed E-state index contributed by atoms with van der Waals surface area (Å²) in [6.45, 7) is 6.44. The van der Waals surface area contributed by atoms with E-state index in [1.54, 1.807) is 18.2 Å². The molecule has 0 aromatic heterocycles. The quantitative estimate of drug-likeness (QED) is 0.871. The second kappa shape index (κ2) is 6.76. The molecule has 0 saturated carbocycles. The van der Waals surface area contributed by atoms with Gasteiger partial charge in [-0.2, -0.15) is 5.26 Å². The highest BCUT2D eigenvalue weighted by atomic mass is 35.5. The van der Waals surface area contributed by atoms with E-state index in [4.69, 9.17) is 21.6 Å². The van der Waals surface area contributed by atoms with E-state index >= 15 is 0 Å². The first kappa shape index (κ1) is 15.8. The number of nitrogens with one attached hydrogen (secondary N) is 1. The Labute approximate surface area is 119 Å². The molecule has 0 aliphatic carbocycles. The van der Waals surface area contributed by atoms with E-state index in [0.717, 1.165) is 5.69 Å². The predicted molar refractivity (Wildman–Crippen MR) is 76.4 cm³/mol. The first-order valence-corrected chi connectivity index (χ1v) is 6.45. The lowest BCUT2D eigenvalue weighted by Crippen LogP contribution is -2.30. The average Bonchev–Trinajstić information content (AvgIpc) is 2.33. The largest absolute Gasteiger partial charge is 0.389 e. The van der Waals surface area contributed by atoms with Crippen LogP contribution in [0, 0.1) is 11.3 Å². The number of aliphatic hydroxyl groups excluding tert-OH is 1. The lowest BCUT2D eigenvalue weighted by Gasteiger charge is -2.22. The highest BCUT2D eigenvalue weighted by Gasteiger charge is 2.13. The van der Waals surface area contributed by atoms with E-state index in [1.807, 2.05) is 26.8 Å². The molecule has 0 amide bonds. The van der Waals surface area contributed by atoms with Crippen molar-refractivity contribution in [2.45, 2.75) is 32.5 Å². The topological polar surface area (TPSA) is 65.3 Å². The highest BCUT2D eigenvalue weighted by Crippen LogP contribution is 2.20. The van der Waals surface area contributed by atoms with E-state index in [1.165, 1.54) is 0 Å². The molecule has 19 heavy (non-hydrogen) atoms. The molecule has 1 atom stereocenters. The van der Waals surface area contributed by atoms with Gasteiger partial charge in [0.25, 0.3) is 0 Å². The number of halogens is 1. The first-order chi connectivity index (χ1) is 8.81. The lowest BCUT2D eigenvalue weighted by atomic mass is 10.2. The van der Waals surface area contributed by atoms with Crippen LogP contribution in [-0.4, -0.2) is 30.0 Å². The minimum Gasteiger partial charge on any atom is -0.389 e. The van der Waals surface area contributed by atoms with Crippen LogP contribution in [0.2, 0.25) is 5.02 Å². The smallest absolute Gasteiger partial charge is 0.101 e. The van der Waals surface area contributed by atoms with E-state index in [-0.39, 0.29) is 12.2 Å². The third-order valence-electron chi connectivity index (χ3n) is 2.34. The summed E-state index contributed by atoms with van der Waals surface area (Å²) in [5.74, 6) is 0. The molecule has 1 unspecified atom stereocenters. The summed E-state index contributed by atoms with van der Waals surface area (Å²) in [4.78, 5) is 0. The summed E-state index contributed by atoms with van der Waals surface area (Å²) in [6, 6.07) is 7.05. The van der Waals surface area contributed by atoms with Crippen LogP contribution in [-0.2, 0) is 4.74 Å². The van der Waals surface area contributed by atoms with Crippen molar-refractivity contribution in [3.63, 3.8) is 0 Å². The van der Waals surface area contributed by atoms with Gasteiger partial charge in [-0.05, 0) is 39.0 Å². The molecular formula is C14H19ClN2O2. The summed E-state index contributed by atoms with van der Waals surface area (Å²) < 4.78 is 5.48. The number of ether oxygens (including phenoxy) is 1. The Balaban J connectivity index is 2.44. The van der Waals surface area contributed by atoms with Gasteiger partial charge in [-0.25, -0.2) is 0 Å². The second-order valence-electron chi connectivity index (χ2n) is 5.26. The van der Waals surface area contributed by atoms with Crippen LogP contribution in [0.4, 0.5) is 5.69 Å². The summed E-state index contributed by atoms with van der Waals surface area (Å²) in [5, 5.41) is 22.0. The molecule has 4 nitrogen and oxygen atoms in total. The fourth-order valence-electron chi connectivity index (χ4n) is 1.36. The number of anilines is 1. The summed E-state index contributed by atoms with van der Waals surface area (Å²) in [5.41, 5.74) is 0.932. The predicted octanol–water partition coefficient (Wildman–Crippen LogP) is 2.80. The van der Waals surface area contributed by atoms with E-state index < -0.39 is 6.10 Å². The van der Waals surface area contributed by atoms with Gasteiger partial charge in [-0.15, -0.1) is 0 Å². The number of aliphatic hydroxyl groups is 1. The normalized spacial score (nSPS) is 12.8.